The molecule has 5 nitrogen and oxygen atoms in total. The van der Waals surface area contributed by atoms with E-state index in [0.29, 0.717) is 17.3 Å². The number of benzene rings is 1. The van der Waals surface area contributed by atoms with Gasteiger partial charge < -0.3 is 15.4 Å². The van der Waals surface area contributed by atoms with E-state index in [-0.39, 0.29) is 29.7 Å². The molecule has 0 fully saturated rings. The van der Waals surface area contributed by atoms with Gasteiger partial charge in [0.2, 0.25) is 0 Å². The van der Waals surface area contributed by atoms with Crippen molar-refractivity contribution in [2.24, 2.45) is 0 Å². The van der Waals surface area contributed by atoms with E-state index in [2.05, 4.69) is 10.3 Å². The molecule has 19 heavy (non-hydrogen) atoms. The summed E-state index contributed by atoms with van der Waals surface area (Å²) in [6.45, 7) is 1.74. The van der Waals surface area contributed by atoms with Gasteiger partial charge in [-0.2, -0.15) is 0 Å². The van der Waals surface area contributed by atoms with E-state index < -0.39 is 0 Å². The number of carbonyl (C=O) groups excluding carboxylic acids is 1. The second kappa shape index (κ2) is 5.67. The highest BCUT2D eigenvalue weighted by Crippen LogP contribution is 2.07. The highest BCUT2D eigenvalue weighted by Gasteiger charge is 2.13. The predicted octanol–water partition coefficient (Wildman–Crippen LogP) is 1.03. The molecule has 0 saturated carbocycles. The number of fused-ring (bicyclic) bond motifs is 1. The molecule has 2 rings (SSSR count). The summed E-state index contributed by atoms with van der Waals surface area (Å²) in [5.74, 6) is -0.385. The summed E-state index contributed by atoms with van der Waals surface area (Å²) in [6, 6.07) is 8.00. The number of hydrogen-bond donors (Lipinski definition) is 3. The quantitative estimate of drug-likeness (QED) is 0.768. The zero-order chi connectivity index (χ0) is 13.8. The van der Waals surface area contributed by atoms with Crippen LogP contribution >= 0.6 is 0 Å². The van der Waals surface area contributed by atoms with Crippen LogP contribution in [-0.4, -0.2) is 28.6 Å². The van der Waals surface area contributed by atoms with Gasteiger partial charge in [0.05, 0.1) is 12.6 Å². The Hall–Kier alpha value is -2.14. The molecule has 0 aliphatic heterocycles. The van der Waals surface area contributed by atoms with E-state index in [4.69, 9.17) is 5.11 Å². The Bertz CT molecular complexity index is 644. The largest absolute Gasteiger partial charge is 0.394 e. The lowest BCUT2D eigenvalue weighted by molar-refractivity contribution is 0.0910. The van der Waals surface area contributed by atoms with Crippen molar-refractivity contribution in [2.45, 2.75) is 19.4 Å². The van der Waals surface area contributed by atoms with Gasteiger partial charge in [-0.15, -0.1) is 0 Å². The highest BCUT2D eigenvalue weighted by molar-refractivity contribution is 5.94. The Morgan fingerprint density at radius 2 is 2.16 bits per heavy atom. The van der Waals surface area contributed by atoms with Gasteiger partial charge in [-0.1, -0.05) is 19.1 Å². The number of hydrogen-bond acceptors (Lipinski definition) is 3. The van der Waals surface area contributed by atoms with Crippen LogP contribution in [0.4, 0.5) is 0 Å². The van der Waals surface area contributed by atoms with Crippen LogP contribution in [0, 0.1) is 0 Å². The van der Waals surface area contributed by atoms with Crippen molar-refractivity contribution in [3.05, 3.63) is 46.2 Å². The van der Waals surface area contributed by atoms with Crippen molar-refractivity contribution in [3.63, 3.8) is 0 Å². The van der Waals surface area contributed by atoms with Crippen LogP contribution in [0.25, 0.3) is 10.9 Å². The monoisotopic (exact) mass is 260 g/mol. The van der Waals surface area contributed by atoms with Crippen molar-refractivity contribution in [3.8, 4) is 0 Å². The van der Waals surface area contributed by atoms with Crippen molar-refractivity contribution in [1.29, 1.82) is 0 Å². The second-order valence-corrected chi connectivity index (χ2v) is 4.35. The number of aliphatic hydroxyl groups excluding tert-OH is 1. The van der Waals surface area contributed by atoms with Crippen LogP contribution in [-0.2, 0) is 0 Å². The van der Waals surface area contributed by atoms with Gasteiger partial charge in [-0.3, -0.25) is 9.59 Å². The molecule has 0 bridgehead atoms. The molecular weight excluding hydrogens is 244 g/mol. The number of pyridine rings is 1. The van der Waals surface area contributed by atoms with E-state index >= 15 is 0 Å². The molecule has 1 aromatic carbocycles. The maximum atomic E-state index is 12.0. The Morgan fingerprint density at radius 1 is 1.42 bits per heavy atom. The number of aromatic nitrogens is 1. The van der Waals surface area contributed by atoms with Gasteiger partial charge in [0, 0.05) is 17.0 Å². The standard InChI is InChI=1S/C14H16N2O3/c1-2-9(8-17)15-14(19)12-7-13(18)10-5-3-4-6-11(10)16-12/h3-7,9,17H,2,8H2,1H3,(H,15,19)(H,16,18)/t9-/m0/s1. The first-order chi connectivity index (χ1) is 9.15. The molecule has 0 unspecified atom stereocenters. The molecule has 1 amide bonds. The third-order valence-electron chi connectivity index (χ3n) is 3.03. The lowest BCUT2D eigenvalue weighted by atomic mass is 10.2. The number of rotatable bonds is 4. The molecular formula is C14H16N2O3. The predicted molar refractivity (Wildman–Crippen MR) is 73.2 cm³/mol. The van der Waals surface area contributed by atoms with E-state index in [1.807, 2.05) is 6.92 Å². The zero-order valence-corrected chi connectivity index (χ0v) is 10.6. The summed E-state index contributed by atoms with van der Waals surface area (Å²) >= 11 is 0. The number of para-hydroxylation sites is 1. The van der Waals surface area contributed by atoms with Gasteiger partial charge in [0.15, 0.2) is 5.43 Å². The number of amides is 1. The second-order valence-electron chi connectivity index (χ2n) is 4.35. The van der Waals surface area contributed by atoms with Crippen LogP contribution in [0.15, 0.2) is 35.1 Å². The number of carbonyl (C=O) groups is 1. The lowest BCUT2D eigenvalue weighted by Crippen LogP contribution is -2.37. The third-order valence-corrected chi connectivity index (χ3v) is 3.03. The molecule has 0 spiro atoms. The molecule has 2 aromatic rings. The average Bonchev–Trinajstić information content (AvgIpc) is 2.44. The minimum atomic E-state index is -0.385. The van der Waals surface area contributed by atoms with E-state index in [1.165, 1.54) is 6.07 Å². The van der Waals surface area contributed by atoms with E-state index in [0.717, 1.165) is 0 Å². The Kier molecular flexibility index (Phi) is 3.97. The smallest absolute Gasteiger partial charge is 0.268 e. The number of H-pyrrole nitrogens is 1. The average molecular weight is 260 g/mol. The van der Waals surface area contributed by atoms with E-state index in [1.54, 1.807) is 24.3 Å². The van der Waals surface area contributed by atoms with Crippen LogP contribution in [0.1, 0.15) is 23.8 Å². The molecule has 0 saturated heterocycles. The van der Waals surface area contributed by atoms with E-state index in [9.17, 15) is 9.59 Å². The fourth-order valence-electron chi connectivity index (χ4n) is 1.86. The first-order valence-corrected chi connectivity index (χ1v) is 6.19. The van der Waals surface area contributed by atoms with Gasteiger partial charge in [-0.25, -0.2) is 0 Å². The van der Waals surface area contributed by atoms with Crippen molar-refractivity contribution in [1.82, 2.24) is 10.3 Å². The zero-order valence-electron chi connectivity index (χ0n) is 10.6. The van der Waals surface area contributed by atoms with Gasteiger partial charge in [0.1, 0.15) is 5.69 Å². The highest BCUT2D eigenvalue weighted by atomic mass is 16.3. The summed E-state index contributed by atoms with van der Waals surface area (Å²) < 4.78 is 0. The molecule has 5 heteroatoms. The van der Waals surface area contributed by atoms with Crippen molar-refractivity contribution in [2.75, 3.05) is 6.61 Å². The van der Waals surface area contributed by atoms with Crippen LogP contribution < -0.4 is 10.7 Å². The summed E-state index contributed by atoms with van der Waals surface area (Å²) in [5, 5.41) is 12.3. The molecule has 0 aliphatic carbocycles. The van der Waals surface area contributed by atoms with Crippen LogP contribution in [0.2, 0.25) is 0 Å². The van der Waals surface area contributed by atoms with Crippen molar-refractivity contribution < 1.29 is 9.90 Å². The fourth-order valence-corrected chi connectivity index (χ4v) is 1.86. The summed E-state index contributed by atoms with van der Waals surface area (Å²) in [7, 11) is 0. The van der Waals surface area contributed by atoms with Gasteiger partial charge >= 0.3 is 0 Å². The molecule has 3 N–H and O–H groups in total. The first-order valence-electron chi connectivity index (χ1n) is 6.19. The van der Waals surface area contributed by atoms with Gasteiger partial charge in [0.25, 0.3) is 5.91 Å². The lowest BCUT2D eigenvalue weighted by Gasteiger charge is -2.14. The SMILES string of the molecule is CC[C@@H](CO)NC(=O)c1cc(=O)c2ccccc2[nH]1. The molecule has 0 radical (unpaired) electrons. The van der Waals surface area contributed by atoms with Crippen LogP contribution in [0.5, 0.6) is 0 Å². The molecule has 0 aliphatic rings. The van der Waals surface area contributed by atoms with Crippen molar-refractivity contribution >= 4 is 16.8 Å². The minimum Gasteiger partial charge on any atom is -0.394 e. The molecule has 1 aromatic heterocycles. The topological polar surface area (TPSA) is 82.2 Å². The Labute approximate surface area is 110 Å². The number of aromatic amines is 1. The van der Waals surface area contributed by atoms with Crippen LogP contribution in [0.3, 0.4) is 0 Å². The minimum absolute atomic E-state index is 0.125. The number of nitrogens with one attached hydrogen (secondary N) is 2. The maximum absolute atomic E-state index is 12.0. The molecule has 100 valence electrons. The fraction of sp³-hybridized carbons (Fsp3) is 0.286. The number of aliphatic hydroxyl groups is 1. The molecule has 1 atom stereocenters. The third kappa shape index (κ3) is 2.82. The molecule has 1 heterocycles. The van der Waals surface area contributed by atoms with Gasteiger partial charge in [-0.05, 0) is 18.6 Å². The summed E-state index contributed by atoms with van der Waals surface area (Å²) in [6.07, 6.45) is 0.625. The Balaban J connectivity index is 2.35. The summed E-state index contributed by atoms with van der Waals surface area (Å²) in [4.78, 5) is 26.8. The Morgan fingerprint density at radius 3 is 2.84 bits per heavy atom. The normalized spacial score (nSPS) is 12.3. The first kappa shape index (κ1) is 13.3. The maximum Gasteiger partial charge on any atom is 0.268 e. The summed E-state index contributed by atoms with van der Waals surface area (Å²) in [5.41, 5.74) is 0.629.